The first-order chi connectivity index (χ1) is 11.3. The molecule has 3 nitrogen and oxygen atoms in total. The lowest BCUT2D eigenvalue weighted by atomic mass is 10.0. The number of hydrogen-bond acceptors (Lipinski definition) is 3. The Morgan fingerprint density at radius 2 is 1.74 bits per heavy atom. The van der Waals surface area contributed by atoms with E-state index in [1.807, 2.05) is 24.3 Å². The molecule has 0 amide bonds. The van der Waals surface area contributed by atoms with Gasteiger partial charge in [0.05, 0.1) is 0 Å². The molecule has 1 aliphatic rings. The molecule has 1 saturated heterocycles. The van der Waals surface area contributed by atoms with Gasteiger partial charge in [-0.2, -0.15) is 0 Å². The van der Waals surface area contributed by atoms with Crippen LogP contribution in [0.5, 0.6) is 5.75 Å². The maximum atomic E-state index is 5.93. The Balaban J connectivity index is 1.53. The van der Waals surface area contributed by atoms with Crippen molar-refractivity contribution in [3.63, 3.8) is 0 Å². The van der Waals surface area contributed by atoms with Gasteiger partial charge in [0.15, 0.2) is 0 Å². The zero-order chi connectivity index (χ0) is 15.9. The number of hydrogen-bond donors (Lipinski definition) is 1. The van der Waals surface area contributed by atoms with Gasteiger partial charge in [-0.15, -0.1) is 0 Å². The molecule has 23 heavy (non-hydrogen) atoms. The van der Waals surface area contributed by atoms with Gasteiger partial charge in [0.25, 0.3) is 0 Å². The zero-order valence-corrected chi connectivity index (χ0v) is 13.9. The van der Waals surface area contributed by atoms with Gasteiger partial charge in [0.2, 0.25) is 0 Å². The van der Waals surface area contributed by atoms with Gasteiger partial charge in [0.1, 0.15) is 12.4 Å². The van der Waals surface area contributed by atoms with Crippen molar-refractivity contribution in [2.45, 2.75) is 32.0 Å². The van der Waals surface area contributed by atoms with Crippen LogP contribution in [0.25, 0.3) is 0 Å². The predicted octanol–water partition coefficient (Wildman–Crippen LogP) is 3.45. The van der Waals surface area contributed by atoms with Gasteiger partial charge >= 0.3 is 0 Å². The van der Waals surface area contributed by atoms with Crippen molar-refractivity contribution in [3.05, 3.63) is 65.7 Å². The number of piperidine rings is 1. The number of benzene rings is 2. The molecule has 3 heteroatoms. The van der Waals surface area contributed by atoms with Crippen LogP contribution in [0.3, 0.4) is 0 Å². The molecule has 1 heterocycles. The third-order valence-corrected chi connectivity index (χ3v) is 4.55. The Morgan fingerprint density at radius 3 is 2.48 bits per heavy atom. The van der Waals surface area contributed by atoms with Gasteiger partial charge in [-0.3, -0.25) is 4.90 Å². The van der Waals surface area contributed by atoms with E-state index in [0.29, 0.717) is 12.6 Å². The molecule has 0 aliphatic carbocycles. The van der Waals surface area contributed by atoms with Gasteiger partial charge in [-0.1, -0.05) is 42.5 Å². The van der Waals surface area contributed by atoms with Crippen molar-refractivity contribution in [2.24, 2.45) is 0 Å². The second-order valence-corrected chi connectivity index (χ2v) is 6.26. The average molecular weight is 310 g/mol. The summed E-state index contributed by atoms with van der Waals surface area (Å²) in [6.45, 7) is 3.97. The van der Waals surface area contributed by atoms with E-state index in [1.54, 1.807) is 0 Å². The minimum Gasteiger partial charge on any atom is -0.489 e. The summed E-state index contributed by atoms with van der Waals surface area (Å²) in [5.41, 5.74) is 2.53. The highest BCUT2D eigenvalue weighted by Gasteiger charge is 2.17. The minimum atomic E-state index is 0.623. The summed E-state index contributed by atoms with van der Waals surface area (Å²) in [7, 11) is 2.06. The molecule has 1 N–H and O–H groups in total. The molecule has 0 saturated carbocycles. The number of nitrogens with one attached hydrogen (secondary N) is 1. The zero-order valence-electron chi connectivity index (χ0n) is 13.9. The van der Waals surface area contributed by atoms with E-state index in [2.05, 4.69) is 47.6 Å². The van der Waals surface area contributed by atoms with Crippen LogP contribution in [0.2, 0.25) is 0 Å². The quantitative estimate of drug-likeness (QED) is 0.884. The Hall–Kier alpha value is -1.84. The fraction of sp³-hybridized carbons (Fsp3) is 0.400. The van der Waals surface area contributed by atoms with Crippen molar-refractivity contribution >= 4 is 0 Å². The summed E-state index contributed by atoms with van der Waals surface area (Å²) in [4.78, 5) is 2.53. The minimum absolute atomic E-state index is 0.623. The van der Waals surface area contributed by atoms with Gasteiger partial charge < -0.3 is 10.1 Å². The number of ether oxygens (including phenoxy) is 1. The molecule has 0 unspecified atom stereocenters. The van der Waals surface area contributed by atoms with Crippen LogP contribution in [-0.4, -0.2) is 31.1 Å². The van der Waals surface area contributed by atoms with Crippen molar-refractivity contribution in [1.82, 2.24) is 10.2 Å². The summed E-state index contributed by atoms with van der Waals surface area (Å²) in [6.07, 6.45) is 2.47. The summed E-state index contributed by atoms with van der Waals surface area (Å²) >= 11 is 0. The fourth-order valence-corrected chi connectivity index (χ4v) is 3.11. The van der Waals surface area contributed by atoms with E-state index in [9.17, 15) is 0 Å². The SMILES string of the molecule is CNC1CCN(Cc2cccc(OCc3ccccc3)c2)CC1. The normalized spacial score (nSPS) is 16.4. The smallest absolute Gasteiger partial charge is 0.120 e. The molecule has 2 aromatic rings. The molecule has 3 rings (SSSR count). The second-order valence-electron chi connectivity index (χ2n) is 6.26. The first-order valence-electron chi connectivity index (χ1n) is 8.49. The maximum Gasteiger partial charge on any atom is 0.120 e. The Morgan fingerprint density at radius 1 is 1.00 bits per heavy atom. The standard InChI is InChI=1S/C20H26N2O/c1-21-19-10-12-22(13-11-19)15-18-8-5-9-20(14-18)23-16-17-6-3-2-4-7-17/h2-9,14,19,21H,10-13,15-16H2,1H3. The van der Waals surface area contributed by atoms with Crippen LogP contribution in [0, 0.1) is 0 Å². The van der Waals surface area contributed by atoms with E-state index in [4.69, 9.17) is 4.74 Å². The van der Waals surface area contributed by atoms with Crippen molar-refractivity contribution in [2.75, 3.05) is 20.1 Å². The first-order valence-corrected chi connectivity index (χ1v) is 8.49. The Kier molecular flexibility index (Phi) is 5.67. The lowest BCUT2D eigenvalue weighted by molar-refractivity contribution is 0.194. The highest BCUT2D eigenvalue weighted by molar-refractivity contribution is 5.29. The largest absolute Gasteiger partial charge is 0.489 e. The predicted molar refractivity (Wildman–Crippen MR) is 94.6 cm³/mol. The van der Waals surface area contributed by atoms with Gasteiger partial charge in [0, 0.05) is 12.6 Å². The third-order valence-electron chi connectivity index (χ3n) is 4.55. The molecule has 0 aromatic heterocycles. The van der Waals surface area contributed by atoms with Crippen LogP contribution < -0.4 is 10.1 Å². The van der Waals surface area contributed by atoms with Crippen molar-refractivity contribution in [3.8, 4) is 5.75 Å². The summed E-state index contributed by atoms with van der Waals surface area (Å²) in [6, 6.07) is 19.5. The Labute approximate surface area is 139 Å². The lowest BCUT2D eigenvalue weighted by Gasteiger charge is -2.31. The average Bonchev–Trinajstić information content (AvgIpc) is 2.62. The number of likely N-dealkylation sites (tertiary alicyclic amines) is 1. The highest BCUT2D eigenvalue weighted by Crippen LogP contribution is 2.18. The van der Waals surface area contributed by atoms with E-state index in [0.717, 1.165) is 12.3 Å². The number of rotatable bonds is 6. The second kappa shape index (κ2) is 8.14. The van der Waals surface area contributed by atoms with Gasteiger partial charge in [-0.05, 0) is 56.2 Å². The Bertz CT molecular complexity index is 592. The molecule has 1 fully saturated rings. The van der Waals surface area contributed by atoms with Gasteiger partial charge in [-0.25, -0.2) is 0 Å². The highest BCUT2D eigenvalue weighted by atomic mass is 16.5. The lowest BCUT2D eigenvalue weighted by Crippen LogP contribution is -2.40. The van der Waals surface area contributed by atoms with E-state index in [-0.39, 0.29) is 0 Å². The van der Waals surface area contributed by atoms with Crippen LogP contribution in [-0.2, 0) is 13.2 Å². The van der Waals surface area contributed by atoms with Crippen molar-refractivity contribution < 1.29 is 4.74 Å². The molecular weight excluding hydrogens is 284 g/mol. The van der Waals surface area contributed by atoms with Crippen LogP contribution in [0.4, 0.5) is 0 Å². The van der Waals surface area contributed by atoms with E-state index < -0.39 is 0 Å². The molecule has 0 radical (unpaired) electrons. The monoisotopic (exact) mass is 310 g/mol. The molecular formula is C20H26N2O. The summed E-state index contributed by atoms with van der Waals surface area (Å²) in [5.74, 6) is 0.955. The molecule has 122 valence electrons. The maximum absolute atomic E-state index is 5.93. The fourth-order valence-electron chi connectivity index (χ4n) is 3.11. The summed E-state index contributed by atoms with van der Waals surface area (Å²) < 4.78 is 5.93. The topological polar surface area (TPSA) is 24.5 Å². The van der Waals surface area contributed by atoms with Crippen LogP contribution in [0.15, 0.2) is 54.6 Å². The molecule has 0 spiro atoms. The molecule has 2 aromatic carbocycles. The molecule has 0 atom stereocenters. The molecule has 0 bridgehead atoms. The van der Waals surface area contributed by atoms with Crippen LogP contribution >= 0.6 is 0 Å². The third kappa shape index (κ3) is 4.81. The van der Waals surface area contributed by atoms with Crippen LogP contribution in [0.1, 0.15) is 24.0 Å². The van der Waals surface area contributed by atoms with E-state index >= 15 is 0 Å². The molecule has 1 aliphatic heterocycles. The first kappa shape index (κ1) is 16.0. The summed E-state index contributed by atoms with van der Waals surface area (Å²) in [5, 5.41) is 3.38. The van der Waals surface area contributed by atoms with E-state index in [1.165, 1.54) is 37.1 Å². The van der Waals surface area contributed by atoms with Crippen molar-refractivity contribution in [1.29, 1.82) is 0 Å². The number of nitrogens with zero attached hydrogens (tertiary/aromatic N) is 1.